The zero-order chi connectivity index (χ0) is 48.8. The molecular formula is C51H94O12. The molecule has 0 amide bonds. The van der Waals surface area contributed by atoms with Gasteiger partial charge in [0.2, 0.25) is 0 Å². The van der Waals surface area contributed by atoms with E-state index in [1.165, 1.54) is 25.0 Å². The van der Waals surface area contributed by atoms with Crippen LogP contribution >= 0.6 is 0 Å². The Morgan fingerprint density at radius 2 is 0.841 bits per heavy atom. The number of rotatable bonds is 36. The van der Waals surface area contributed by atoms with Gasteiger partial charge in [0.15, 0.2) is 0 Å². The number of allylic oxidation sites excluding steroid dienone is 6. The van der Waals surface area contributed by atoms with E-state index in [1.54, 1.807) is 0 Å². The van der Waals surface area contributed by atoms with Crippen LogP contribution in [0.15, 0.2) is 34.9 Å². The van der Waals surface area contributed by atoms with Gasteiger partial charge in [0.1, 0.15) is 12.7 Å². The highest BCUT2D eigenvalue weighted by Crippen LogP contribution is 2.31. The largest absolute Gasteiger partial charge is 0.481 e. The summed E-state index contributed by atoms with van der Waals surface area (Å²) in [5.74, 6) is -2.12. The second-order valence-electron chi connectivity index (χ2n) is 21.6. The smallest absolute Gasteiger partial charge is 0.308 e. The normalized spacial score (nSPS) is 19.9. The van der Waals surface area contributed by atoms with Crippen molar-refractivity contribution in [2.45, 2.75) is 269 Å². The average Bonchev–Trinajstić information content (AvgIpc) is 3.08. The van der Waals surface area contributed by atoms with Crippen molar-refractivity contribution in [1.82, 2.24) is 0 Å². The van der Waals surface area contributed by atoms with E-state index in [0.717, 1.165) is 44.1 Å². The van der Waals surface area contributed by atoms with Crippen molar-refractivity contribution in [3.8, 4) is 0 Å². The maximum Gasteiger partial charge on any atom is 0.308 e. The van der Waals surface area contributed by atoms with Gasteiger partial charge in [0.25, 0.3) is 0 Å². The first kappa shape index (κ1) is 60.8. The Hall–Kier alpha value is -2.16. The number of ether oxygens (including phenoxy) is 1. The third-order valence-electron chi connectivity index (χ3n) is 12.6. The van der Waals surface area contributed by atoms with Crippen molar-refractivity contribution < 1.29 is 60.3 Å². The molecule has 12 heteroatoms. The SMILES string of the molecule is CC(C)=CCCC(C)(O)CCCC(C)(O)CCCC(C)(O)CCCC(C)(O)CCCC(C)(O)CCCC(C)=CCCC(C)=CCCC(C)(O)C(O)COC(=O)CC(C)(O)CC(=O)O. The summed E-state index contributed by atoms with van der Waals surface area (Å²) in [5.41, 5.74) is -3.86. The van der Waals surface area contributed by atoms with Gasteiger partial charge < -0.3 is 50.7 Å². The average molecular weight is 899 g/mol. The van der Waals surface area contributed by atoms with E-state index < -0.39 is 76.7 Å². The summed E-state index contributed by atoms with van der Waals surface area (Å²) in [6, 6.07) is 0. The van der Waals surface area contributed by atoms with E-state index in [2.05, 4.69) is 32.9 Å². The van der Waals surface area contributed by atoms with Crippen molar-refractivity contribution in [2.75, 3.05) is 6.61 Å². The summed E-state index contributed by atoms with van der Waals surface area (Å²) >= 11 is 0. The molecule has 0 aliphatic carbocycles. The molecule has 0 heterocycles. The number of aliphatic hydroxyl groups excluding tert-OH is 1. The van der Waals surface area contributed by atoms with Crippen LogP contribution in [0.2, 0.25) is 0 Å². The summed E-state index contributed by atoms with van der Waals surface area (Å²) in [6.07, 6.45) is 17.6. The molecule has 0 rings (SSSR count). The third-order valence-corrected chi connectivity index (χ3v) is 12.6. The standard InChI is InChI=1S/C51H94O12/c1-39(2)20-13-25-45(5,56)27-16-29-47(7,58)31-18-33-49(9,60)34-19-32-48(8,59)30-17-28-46(6,57)26-14-23-40(3)21-12-22-41(4)24-15-35-51(11,62)42(52)38-63-44(55)37-50(10,61)36-43(53)54/h20-21,24,42,52,56-62H,12-19,22-23,25-38H2,1-11H3,(H,53,54). The first-order chi connectivity index (χ1) is 28.7. The van der Waals surface area contributed by atoms with E-state index >= 15 is 0 Å². The highest BCUT2D eigenvalue weighted by molar-refractivity contribution is 5.73. The number of aliphatic hydroxyl groups is 8. The highest BCUT2D eigenvalue weighted by atomic mass is 16.5. The Kier molecular flexibility index (Phi) is 27.2. The van der Waals surface area contributed by atoms with Gasteiger partial charge >= 0.3 is 11.9 Å². The first-order valence-electron chi connectivity index (χ1n) is 23.7. The van der Waals surface area contributed by atoms with Gasteiger partial charge in [-0.3, -0.25) is 9.59 Å². The van der Waals surface area contributed by atoms with E-state index in [-0.39, 0.29) is 6.42 Å². The Morgan fingerprint density at radius 1 is 0.476 bits per heavy atom. The summed E-state index contributed by atoms with van der Waals surface area (Å²) in [6.45, 7) is 19.6. The summed E-state index contributed by atoms with van der Waals surface area (Å²) in [4.78, 5) is 22.8. The molecule has 0 saturated heterocycles. The van der Waals surface area contributed by atoms with Crippen molar-refractivity contribution in [1.29, 1.82) is 0 Å². The van der Waals surface area contributed by atoms with Gasteiger partial charge in [0.05, 0.1) is 52.0 Å². The molecule has 0 saturated carbocycles. The molecule has 63 heavy (non-hydrogen) atoms. The van der Waals surface area contributed by atoms with Gasteiger partial charge in [0, 0.05) is 0 Å². The predicted octanol–water partition coefficient (Wildman–Crippen LogP) is 9.06. The van der Waals surface area contributed by atoms with Crippen molar-refractivity contribution in [3.05, 3.63) is 34.9 Å². The molecular weight excluding hydrogens is 805 g/mol. The van der Waals surface area contributed by atoms with Gasteiger partial charge in [-0.05, 0) is 211 Å². The molecule has 370 valence electrons. The number of carbonyl (C=O) groups is 2. The number of esters is 1. The third kappa shape index (κ3) is 33.0. The zero-order valence-electron chi connectivity index (χ0n) is 41.5. The lowest BCUT2D eigenvalue weighted by Crippen LogP contribution is -2.43. The van der Waals surface area contributed by atoms with E-state index in [0.29, 0.717) is 89.9 Å². The van der Waals surface area contributed by atoms with Gasteiger partial charge in [-0.15, -0.1) is 0 Å². The maximum absolute atomic E-state index is 12.0. The summed E-state index contributed by atoms with van der Waals surface area (Å²) in [5, 5.41) is 94.8. The second kappa shape index (κ2) is 28.1. The topological polar surface area (TPSA) is 225 Å². The van der Waals surface area contributed by atoms with Crippen LogP contribution in [-0.4, -0.2) is 110 Å². The Labute approximate surface area is 382 Å². The van der Waals surface area contributed by atoms with Crippen LogP contribution in [0.4, 0.5) is 0 Å². The van der Waals surface area contributed by atoms with Crippen molar-refractivity contribution in [2.24, 2.45) is 0 Å². The van der Waals surface area contributed by atoms with Crippen LogP contribution in [0, 0.1) is 0 Å². The van der Waals surface area contributed by atoms with E-state index in [1.807, 2.05) is 47.6 Å². The van der Waals surface area contributed by atoms with Gasteiger partial charge in [-0.25, -0.2) is 0 Å². The van der Waals surface area contributed by atoms with Crippen molar-refractivity contribution >= 4 is 11.9 Å². The van der Waals surface area contributed by atoms with Crippen LogP contribution < -0.4 is 0 Å². The maximum atomic E-state index is 12.0. The van der Waals surface area contributed by atoms with E-state index in [9.17, 15) is 50.4 Å². The van der Waals surface area contributed by atoms with Crippen LogP contribution in [0.25, 0.3) is 0 Å². The zero-order valence-corrected chi connectivity index (χ0v) is 41.5. The number of aliphatic carboxylic acids is 1. The molecule has 0 fully saturated rings. The van der Waals surface area contributed by atoms with Crippen LogP contribution in [0.3, 0.4) is 0 Å². The first-order valence-corrected chi connectivity index (χ1v) is 23.7. The minimum atomic E-state index is -1.78. The molecule has 9 N–H and O–H groups in total. The van der Waals surface area contributed by atoms with Crippen molar-refractivity contribution in [3.63, 3.8) is 0 Å². The fourth-order valence-corrected chi connectivity index (χ4v) is 8.07. The van der Waals surface area contributed by atoms with Crippen LogP contribution in [0.1, 0.15) is 224 Å². The number of hydrogen-bond donors (Lipinski definition) is 9. The molecule has 0 aliphatic heterocycles. The fourth-order valence-electron chi connectivity index (χ4n) is 8.07. The summed E-state index contributed by atoms with van der Waals surface area (Å²) in [7, 11) is 0. The van der Waals surface area contributed by atoms with Gasteiger partial charge in [-0.1, -0.05) is 34.9 Å². The van der Waals surface area contributed by atoms with E-state index in [4.69, 9.17) is 9.84 Å². The minimum Gasteiger partial charge on any atom is -0.481 e. The molecule has 0 aromatic carbocycles. The lowest BCUT2D eigenvalue weighted by atomic mass is 9.84. The summed E-state index contributed by atoms with van der Waals surface area (Å²) < 4.78 is 4.98. The monoisotopic (exact) mass is 899 g/mol. The molecule has 0 aromatic rings. The highest BCUT2D eigenvalue weighted by Gasteiger charge is 2.33. The number of hydrogen-bond acceptors (Lipinski definition) is 11. The Morgan fingerprint density at radius 3 is 1.25 bits per heavy atom. The lowest BCUT2D eigenvalue weighted by molar-refractivity contribution is -0.159. The fraction of sp³-hybridized carbons (Fsp3) is 0.843. The quantitative estimate of drug-likeness (QED) is 0.0212. The lowest BCUT2D eigenvalue weighted by Gasteiger charge is -2.30. The molecule has 12 nitrogen and oxygen atoms in total. The molecule has 0 aliphatic rings. The molecule has 0 radical (unpaired) electrons. The predicted molar refractivity (Wildman–Crippen MR) is 252 cm³/mol. The molecule has 0 aromatic heterocycles. The number of carboxylic acid groups (broad SMARTS) is 1. The Bertz CT molecular complexity index is 1410. The van der Waals surface area contributed by atoms with Crippen LogP contribution in [0.5, 0.6) is 0 Å². The second-order valence-corrected chi connectivity index (χ2v) is 21.6. The molecule has 8 unspecified atom stereocenters. The molecule has 0 bridgehead atoms. The Balaban J connectivity index is 4.46. The van der Waals surface area contributed by atoms with Gasteiger partial charge in [-0.2, -0.15) is 0 Å². The van der Waals surface area contributed by atoms with Crippen LogP contribution in [-0.2, 0) is 14.3 Å². The number of carboxylic acids is 1. The molecule has 0 spiro atoms. The molecule has 8 atom stereocenters. The minimum absolute atomic E-state index is 0.231. The number of carbonyl (C=O) groups excluding carboxylic acids is 1.